The highest BCUT2D eigenvalue weighted by atomic mass is 16.5. The van der Waals surface area contributed by atoms with E-state index in [0.717, 1.165) is 6.42 Å². The molecule has 0 aromatic carbocycles. The summed E-state index contributed by atoms with van der Waals surface area (Å²) in [6, 6.07) is 1.51. The van der Waals surface area contributed by atoms with E-state index in [9.17, 15) is 9.59 Å². The van der Waals surface area contributed by atoms with E-state index in [1.807, 2.05) is 0 Å². The van der Waals surface area contributed by atoms with Crippen LogP contribution in [0, 0.1) is 0 Å². The molecule has 15 heavy (non-hydrogen) atoms. The molecular weight excluding hydrogens is 196 g/mol. The number of aryl methyl sites for hydroxylation is 1. The minimum Gasteiger partial charge on any atom is -0.461 e. The molecule has 0 unspecified atom stereocenters. The Kier molecular flexibility index (Phi) is 2.53. The van der Waals surface area contributed by atoms with E-state index in [-0.39, 0.29) is 11.5 Å². The van der Waals surface area contributed by atoms with E-state index in [4.69, 9.17) is 4.74 Å². The smallest absolute Gasteiger partial charge is 0.358 e. The third kappa shape index (κ3) is 1.77. The molecule has 0 atom stereocenters. The SMILES string of the molecule is CCOC(=O)c1cc2n(n1)CCCC2=O. The molecule has 0 bridgehead atoms. The van der Waals surface area contributed by atoms with Crippen LogP contribution < -0.4 is 0 Å². The largest absolute Gasteiger partial charge is 0.461 e. The molecule has 5 heteroatoms. The summed E-state index contributed by atoms with van der Waals surface area (Å²) in [5, 5.41) is 4.04. The van der Waals surface area contributed by atoms with Crippen LogP contribution in [0.5, 0.6) is 0 Å². The number of carbonyl (C=O) groups is 2. The fourth-order valence-electron chi connectivity index (χ4n) is 1.63. The van der Waals surface area contributed by atoms with Crippen molar-refractivity contribution in [2.24, 2.45) is 0 Å². The van der Waals surface area contributed by atoms with Gasteiger partial charge in [-0.05, 0) is 13.3 Å². The van der Waals surface area contributed by atoms with Gasteiger partial charge >= 0.3 is 5.97 Å². The van der Waals surface area contributed by atoms with Crippen molar-refractivity contribution in [1.82, 2.24) is 9.78 Å². The average Bonchev–Trinajstić information content (AvgIpc) is 2.63. The van der Waals surface area contributed by atoms with E-state index in [0.29, 0.717) is 25.3 Å². The van der Waals surface area contributed by atoms with Crippen molar-refractivity contribution in [2.45, 2.75) is 26.3 Å². The highest BCUT2D eigenvalue weighted by Gasteiger charge is 2.22. The lowest BCUT2D eigenvalue weighted by molar-refractivity contribution is 0.0518. The first-order valence-electron chi connectivity index (χ1n) is 5.00. The molecule has 1 aromatic rings. The second-order valence-corrected chi connectivity index (χ2v) is 3.39. The van der Waals surface area contributed by atoms with E-state index in [1.165, 1.54) is 6.07 Å². The average molecular weight is 208 g/mol. The van der Waals surface area contributed by atoms with Gasteiger partial charge in [-0.1, -0.05) is 0 Å². The molecule has 5 nitrogen and oxygen atoms in total. The molecule has 1 aromatic heterocycles. The fourth-order valence-corrected chi connectivity index (χ4v) is 1.63. The summed E-state index contributed by atoms with van der Waals surface area (Å²) in [6.07, 6.45) is 1.32. The lowest BCUT2D eigenvalue weighted by atomic mass is 10.1. The molecule has 0 saturated heterocycles. The molecule has 1 aliphatic rings. The van der Waals surface area contributed by atoms with Crippen LogP contribution in [-0.4, -0.2) is 28.1 Å². The van der Waals surface area contributed by atoms with Crippen LogP contribution in [0.2, 0.25) is 0 Å². The maximum Gasteiger partial charge on any atom is 0.358 e. The quantitative estimate of drug-likeness (QED) is 0.681. The van der Waals surface area contributed by atoms with Crippen molar-refractivity contribution in [2.75, 3.05) is 6.61 Å². The van der Waals surface area contributed by atoms with Crippen LogP contribution in [0.15, 0.2) is 6.07 Å². The van der Waals surface area contributed by atoms with Gasteiger partial charge in [0.15, 0.2) is 11.5 Å². The lowest BCUT2D eigenvalue weighted by Gasteiger charge is -2.10. The number of hydrogen-bond donors (Lipinski definition) is 0. The summed E-state index contributed by atoms with van der Waals surface area (Å²) in [5.41, 5.74) is 0.742. The number of fused-ring (bicyclic) bond motifs is 1. The van der Waals surface area contributed by atoms with Gasteiger partial charge in [0.05, 0.1) is 6.61 Å². The van der Waals surface area contributed by atoms with Crippen LogP contribution in [0.4, 0.5) is 0 Å². The molecule has 0 spiro atoms. The molecule has 0 amide bonds. The Balaban J connectivity index is 2.29. The van der Waals surface area contributed by atoms with E-state index in [1.54, 1.807) is 11.6 Å². The van der Waals surface area contributed by atoms with Crippen LogP contribution in [-0.2, 0) is 11.3 Å². The second kappa shape index (κ2) is 3.84. The summed E-state index contributed by atoms with van der Waals surface area (Å²) in [7, 11) is 0. The monoisotopic (exact) mass is 208 g/mol. The summed E-state index contributed by atoms with van der Waals surface area (Å²) in [4.78, 5) is 22.8. The Bertz CT molecular complexity index is 409. The highest BCUT2D eigenvalue weighted by Crippen LogP contribution is 2.15. The molecule has 0 aliphatic carbocycles. The molecule has 0 saturated carbocycles. The number of nitrogens with zero attached hydrogens (tertiary/aromatic N) is 2. The Morgan fingerprint density at radius 1 is 1.67 bits per heavy atom. The minimum absolute atomic E-state index is 0.0456. The van der Waals surface area contributed by atoms with Crippen LogP contribution in [0.3, 0.4) is 0 Å². The number of carbonyl (C=O) groups excluding carboxylic acids is 2. The first kappa shape index (κ1) is 9.89. The van der Waals surface area contributed by atoms with Gasteiger partial charge in [0, 0.05) is 19.0 Å². The lowest BCUT2D eigenvalue weighted by Crippen LogP contribution is -2.17. The molecule has 0 N–H and O–H groups in total. The van der Waals surface area contributed by atoms with Crippen molar-refractivity contribution in [3.05, 3.63) is 17.5 Å². The van der Waals surface area contributed by atoms with Crippen molar-refractivity contribution >= 4 is 11.8 Å². The minimum atomic E-state index is -0.466. The predicted octanol–water partition coefficient (Wildman–Crippen LogP) is 1.04. The van der Waals surface area contributed by atoms with Gasteiger partial charge in [0.1, 0.15) is 5.69 Å². The third-order valence-corrected chi connectivity index (χ3v) is 2.32. The van der Waals surface area contributed by atoms with Gasteiger partial charge in [-0.15, -0.1) is 0 Å². The number of Topliss-reactive ketones (excluding diaryl/α,β-unsaturated/α-hetero) is 1. The van der Waals surface area contributed by atoms with Gasteiger partial charge in [-0.2, -0.15) is 5.10 Å². The second-order valence-electron chi connectivity index (χ2n) is 3.39. The molecule has 2 heterocycles. The first-order valence-corrected chi connectivity index (χ1v) is 5.00. The Labute approximate surface area is 87.0 Å². The normalized spacial score (nSPS) is 14.9. The van der Waals surface area contributed by atoms with Crippen LogP contribution in [0.25, 0.3) is 0 Å². The third-order valence-electron chi connectivity index (χ3n) is 2.32. The summed E-state index contributed by atoms with van der Waals surface area (Å²) in [5.74, 6) is -0.420. The van der Waals surface area contributed by atoms with Crippen molar-refractivity contribution in [1.29, 1.82) is 0 Å². The number of ether oxygens (including phenoxy) is 1. The van der Waals surface area contributed by atoms with Crippen molar-refractivity contribution in [3.8, 4) is 0 Å². The maximum absolute atomic E-state index is 11.5. The molecule has 2 rings (SSSR count). The zero-order chi connectivity index (χ0) is 10.8. The van der Waals surface area contributed by atoms with Gasteiger partial charge < -0.3 is 4.74 Å². The zero-order valence-electron chi connectivity index (χ0n) is 8.52. The van der Waals surface area contributed by atoms with Gasteiger partial charge in [0.25, 0.3) is 0 Å². The van der Waals surface area contributed by atoms with E-state index >= 15 is 0 Å². The predicted molar refractivity (Wildman–Crippen MR) is 51.7 cm³/mol. The molecule has 0 fully saturated rings. The Morgan fingerprint density at radius 3 is 3.13 bits per heavy atom. The Morgan fingerprint density at radius 2 is 2.47 bits per heavy atom. The number of rotatable bonds is 2. The van der Waals surface area contributed by atoms with E-state index < -0.39 is 5.97 Å². The summed E-state index contributed by atoms with van der Waals surface area (Å²) < 4.78 is 6.40. The zero-order valence-corrected chi connectivity index (χ0v) is 8.52. The topological polar surface area (TPSA) is 61.2 Å². The maximum atomic E-state index is 11.5. The van der Waals surface area contributed by atoms with Crippen LogP contribution in [0.1, 0.15) is 40.7 Å². The number of esters is 1. The molecular formula is C10H12N2O3. The number of hydrogen-bond acceptors (Lipinski definition) is 4. The van der Waals surface area contributed by atoms with Crippen LogP contribution >= 0.6 is 0 Å². The van der Waals surface area contributed by atoms with Gasteiger partial charge in [-0.3, -0.25) is 9.48 Å². The Hall–Kier alpha value is -1.65. The van der Waals surface area contributed by atoms with Gasteiger partial charge in [-0.25, -0.2) is 4.79 Å². The summed E-state index contributed by atoms with van der Waals surface area (Å²) >= 11 is 0. The molecule has 1 aliphatic heterocycles. The standard InChI is InChI=1S/C10H12N2O3/c1-2-15-10(14)7-6-8-9(13)4-3-5-12(8)11-7/h6H,2-5H2,1H3. The first-order chi connectivity index (χ1) is 7.22. The van der Waals surface area contributed by atoms with E-state index in [2.05, 4.69) is 5.10 Å². The summed E-state index contributed by atoms with van der Waals surface area (Å²) in [6.45, 7) is 2.74. The van der Waals surface area contributed by atoms with Crippen molar-refractivity contribution in [3.63, 3.8) is 0 Å². The highest BCUT2D eigenvalue weighted by molar-refractivity contribution is 5.97. The molecule has 80 valence electrons. The number of aromatic nitrogens is 2. The van der Waals surface area contributed by atoms with Gasteiger partial charge in [0.2, 0.25) is 0 Å². The fraction of sp³-hybridized carbons (Fsp3) is 0.500. The number of ketones is 1. The molecule has 0 radical (unpaired) electrons. The van der Waals surface area contributed by atoms with Crippen molar-refractivity contribution < 1.29 is 14.3 Å².